The monoisotopic (exact) mass is 190 g/mol. The van der Waals surface area contributed by atoms with Crippen LogP contribution in [0.5, 0.6) is 0 Å². The van der Waals surface area contributed by atoms with E-state index in [2.05, 4.69) is 0 Å². The van der Waals surface area contributed by atoms with E-state index in [0.29, 0.717) is 0 Å². The van der Waals surface area contributed by atoms with E-state index in [1.54, 1.807) is 12.2 Å². The van der Waals surface area contributed by atoms with Gasteiger partial charge < -0.3 is 10.2 Å². The largest absolute Gasteiger partial charge is 0.392 e. The van der Waals surface area contributed by atoms with Crippen LogP contribution in [0, 0.1) is 0 Å². The van der Waals surface area contributed by atoms with Crippen LogP contribution in [-0.2, 0) is 0 Å². The van der Waals surface area contributed by atoms with Crippen molar-refractivity contribution >= 4 is 12.2 Å². The standard InChI is InChI=1S/C12H14O2/c13-9-3-7-11-5-1-2-6-12(11)8-4-10-14/h1-8,13-14H,9-10H2/b7-3+,8-4+. The van der Waals surface area contributed by atoms with Crippen LogP contribution in [0.25, 0.3) is 12.2 Å². The molecular formula is C12H14O2. The summed E-state index contributed by atoms with van der Waals surface area (Å²) in [5, 5.41) is 17.3. The molecule has 0 unspecified atom stereocenters. The molecule has 0 saturated carbocycles. The number of aliphatic hydroxyl groups excluding tert-OH is 2. The average molecular weight is 190 g/mol. The molecule has 0 aromatic heterocycles. The highest BCUT2D eigenvalue weighted by atomic mass is 16.3. The molecular weight excluding hydrogens is 176 g/mol. The average Bonchev–Trinajstić information content (AvgIpc) is 2.24. The molecule has 1 aromatic rings. The molecule has 0 aliphatic carbocycles. The number of hydrogen-bond donors (Lipinski definition) is 2. The maximum atomic E-state index is 8.65. The van der Waals surface area contributed by atoms with Crippen LogP contribution >= 0.6 is 0 Å². The molecule has 0 spiro atoms. The Hall–Kier alpha value is -1.38. The summed E-state index contributed by atoms with van der Waals surface area (Å²) < 4.78 is 0. The second-order valence-corrected chi connectivity index (χ2v) is 2.80. The molecule has 0 saturated heterocycles. The third-order valence-electron chi connectivity index (χ3n) is 1.80. The van der Waals surface area contributed by atoms with Gasteiger partial charge in [-0.2, -0.15) is 0 Å². The van der Waals surface area contributed by atoms with Gasteiger partial charge in [0.1, 0.15) is 0 Å². The first-order valence-electron chi connectivity index (χ1n) is 4.52. The van der Waals surface area contributed by atoms with E-state index in [9.17, 15) is 0 Å². The SMILES string of the molecule is OC/C=C/c1ccccc1/C=C/CO. The third-order valence-corrected chi connectivity index (χ3v) is 1.80. The summed E-state index contributed by atoms with van der Waals surface area (Å²) >= 11 is 0. The van der Waals surface area contributed by atoms with Gasteiger partial charge in [0.2, 0.25) is 0 Å². The molecule has 0 atom stereocenters. The highest BCUT2D eigenvalue weighted by Crippen LogP contribution is 2.12. The number of hydrogen-bond acceptors (Lipinski definition) is 2. The Balaban J connectivity index is 2.91. The lowest BCUT2D eigenvalue weighted by molar-refractivity contribution is 0.343. The number of rotatable bonds is 4. The van der Waals surface area contributed by atoms with E-state index in [0.717, 1.165) is 11.1 Å². The molecule has 0 amide bonds. The fourth-order valence-electron chi connectivity index (χ4n) is 1.17. The molecule has 0 aliphatic rings. The summed E-state index contributed by atoms with van der Waals surface area (Å²) in [6, 6.07) is 7.80. The second-order valence-electron chi connectivity index (χ2n) is 2.80. The summed E-state index contributed by atoms with van der Waals surface area (Å²) in [6.45, 7) is 0.0795. The molecule has 14 heavy (non-hydrogen) atoms. The van der Waals surface area contributed by atoms with Crippen LogP contribution < -0.4 is 0 Å². The van der Waals surface area contributed by atoms with Crippen molar-refractivity contribution in [3.8, 4) is 0 Å². The van der Waals surface area contributed by atoms with E-state index < -0.39 is 0 Å². The van der Waals surface area contributed by atoms with E-state index >= 15 is 0 Å². The van der Waals surface area contributed by atoms with Crippen molar-refractivity contribution in [3.63, 3.8) is 0 Å². The lowest BCUT2D eigenvalue weighted by Gasteiger charge is -1.99. The first kappa shape index (κ1) is 10.7. The van der Waals surface area contributed by atoms with Gasteiger partial charge >= 0.3 is 0 Å². The van der Waals surface area contributed by atoms with E-state index in [-0.39, 0.29) is 13.2 Å². The molecule has 2 nitrogen and oxygen atoms in total. The summed E-state index contributed by atoms with van der Waals surface area (Å²) in [4.78, 5) is 0. The Kier molecular flexibility index (Phi) is 4.69. The van der Waals surface area contributed by atoms with Crippen molar-refractivity contribution in [2.75, 3.05) is 13.2 Å². The first-order valence-corrected chi connectivity index (χ1v) is 4.52. The van der Waals surface area contributed by atoms with Crippen LogP contribution in [0.2, 0.25) is 0 Å². The van der Waals surface area contributed by atoms with Gasteiger partial charge in [-0.1, -0.05) is 48.6 Å². The van der Waals surface area contributed by atoms with Crippen LogP contribution in [0.4, 0.5) is 0 Å². The molecule has 1 rings (SSSR count). The minimum absolute atomic E-state index is 0.0397. The topological polar surface area (TPSA) is 40.5 Å². The van der Waals surface area contributed by atoms with Crippen LogP contribution in [0.1, 0.15) is 11.1 Å². The molecule has 0 fully saturated rings. The van der Waals surface area contributed by atoms with E-state index in [1.165, 1.54) is 0 Å². The van der Waals surface area contributed by atoms with Gasteiger partial charge in [0.25, 0.3) is 0 Å². The fraction of sp³-hybridized carbons (Fsp3) is 0.167. The van der Waals surface area contributed by atoms with Crippen molar-refractivity contribution < 1.29 is 10.2 Å². The van der Waals surface area contributed by atoms with Gasteiger partial charge in [-0.25, -0.2) is 0 Å². The maximum absolute atomic E-state index is 8.65. The zero-order valence-electron chi connectivity index (χ0n) is 7.93. The summed E-state index contributed by atoms with van der Waals surface area (Å²) in [6.07, 6.45) is 7.09. The second kappa shape index (κ2) is 6.13. The Bertz CT molecular complexity index is 294. The predicted octanol–water partition coefficient (Wildman–Crippen LogP) is 1.70. The maximum Gasteiger partial charge on any atom is 0.0615 e. The molecule has 0 bridgehead atoms. The Morgan fingerprint density at radius 2 is 1.29 bits per heavy atom. The minimum Gasteiger partial charge on any atom is -0.392 e. The van der Waals surface area contributed by atoms with Gasteiger partial charge in [0.05, 0.1) is 13.2 Å². The van der Waals surface area contributed by atoms with Gasteiger partial charge in [-0.3, -0.25) is 0 Å². The van der Waals surface area contributed by atoms with Gasteiger partial charge in [0, 0.05) is 0 Å². The molecule has 0 radical (unpaired) electrons. The highest BCUT2D eigenvalue weighted by molar-refractivity contribution is 5.65. The lowest BCUT2D eigenvalue weighted by Crippen LogP contribution is -1.81. The Morgan fingerprint density at radius 3 is 1.64 bits per heavy atom. The van der Waals surface area contributed by atoms with Crippen molar-refractivity contribution in [2.24, 2.45) is 0 Å². The summed E-state index contributed by atoms with van der Waals surface area (Å²) in [5.74, 6) is 0. The first-order chi connectivity index (χ1) is 6.88. The summed E-state index contributed by atoms with van der Waals surface area (Å²) in [7, 11) is 0. The smallest absolute Gasteiger partial charge is 0.0615 e. The van der Waals surface area contributed by atoms with Gasteiger partial charge in [-0.15, -0.1) is 0 Å². The van der Waals surface area contributed by atoms with E-state index in [1.807, 2.05) is 36.4 Å². The van der Waals surface area contributed by atoms with Crippen molar-refractivity contribution in [1.29, 1.82) is 0 Å². The molecule has 1 aromatic carbocycles. The number of benzene rings is 1. The summed E-state index contributed by atoms with van der Waals surface area (Å²) in [5.41, 5.74) is 2.07. The molecule has 74 valence electrons. The van der Waals surface area contributed by atoms with Crippen LogP contribution in [0.3, 0.4) is 0 Å². The number of aliphatic hydroxyl groups is 2. The van der Waals surface area contributed by atoms with Crippen LogP contribution in [0.15, 0.2) is 36.4 Å². The molecule has 2 N–H and O–H groups in total. The normalized spacial score (nSPS) is 11.6. The minimum atomic E-state index is 0.0397. The fourth-order valence-corrected chi connectivity index (χ4v) is 1.17. The van der Waals surface area contributed by atoms with Crippen molar-refractivity contribution in [2.45, 2.75) is 0 Å². The van der Waals surface area contributed by atoms with Crippen molar-refractivity contribution in [3.05, 3.63) is 47.5 Å². The Morgan fingerprint density at radius 1 is 0.857 bits per heavy atom. The zero-order chi connectivity index (χ0) is 10.2. The van der Waals surface area contributed by atoms with Gasteiger partial charge in [0.15, 0.2) is 0 Å². The molecule has 2 heteroatoms. The van der Waals surface area contributed by atoms with Gasteiger partial charge in [-0.05, 0) is 11.1 Å². The third kappa shape index (κ3) is 3.17. The van der Waals surface area contributed by atoms with Crippen molar-refractivity contribution in [1.82, 2.24) is 0 Å². The predicted molar refractivity (Wildman–Crippen MR) is 58.7 cm³/mol. The molecule has 0 heterocycles. The lowest BCUT2D eigenvalue weighted by atomic mass is 10.1. The quantitative estimate of drug-likeness (QED) is 0.758. The zero-order valence-corrected chi connectivity index (χ0v) is 7.93. The Labute approximate surface area is 83.8 Å². The highest BCUT2D eigenvalue weighted by Gasteiger charge is 1.92. The van der Waals surface area contributed by atoms with Crippen LogP contribution in [-0.4, -0.2) is 23.4 Å². The van der Waals surface area contributed by atoms with E-state index in [4.69, 9.17) is 10.2 Å². The molecule has 0 aliphatic heterocycles.